The maximum Gasteiger partial charge on any atom is 0.236 e. The smallest absolute Gasteiger partial charge is 0.236 e. The Balaban J connectivity index is 1.56. The predicted molar refractivity (Wildman–Crippen MR) is 124 cm³/mol. The van der Waals surface area contributed by atoms with Gasteiger partial charge in [0.25, 0.3) is 0 Å². The molecule has 0 saturated heterocycles. The summed E-state index contributed by atoms with van der Waals surface area (Å²) in [4.78, 5) is 9.77. The van der Waals surface area contributed by atoms with Gasteiger partial charge in [0.05, 0.1) is 17.7 Å². The van der Waals surface area contributed by atoms with Gasteiger partial charge in [0.2, 0.25) is 5.89 Å². The van der Waals surface area contributed by atoms with Gasteiger partial charge in [-0.2, -0.15) is 0 Å². The van der Waals surface area contributed by atoms with E-state index in [4.69, 9.17) is 14.1 Å². The SMILES string of the molecule is COc1ccc(CN(Cc2nc(-c3cccs3)oc2C)C(C)Cc2cccs2)cc1. The normalized spacial score (nSPS) is 12.4. The third-order valence-electron chi connectivity index (χ3n) is 5.22. The predicted octanol–water partition coefficient (Wildman–Crippen LogP) is 6.42. The number of aromatic nitrogens is 1. The van der Waals surface area contributed by atoms with Crippen molar-refractivity contribution in [3.05, 3.63) is 81.2 Å². The maximum absolute atomic E-state index is 5.98. The first kappa shape index (κ1) is 20.8. The number of ether oxygens (including phenoxy) is 1. The summed E-state index contributed by atoms with van der Waals surface area (Å²) in [5.41, 5.74) is 2.26. The zero-order valence-corrected chi connectivity index (χ0v) is 19.1. The Morgan fingerprint density at radius 3 is 2.47 bits per heavy atom. The molecule has 0 fully saturated rings. The van der Waals surface area contributed by atoms with E-state index in [1.54, 1.807) is 18.4 Å². The van der Waals surface area contributed by atoms with Crippen molar-refractivity contribution in [1.29, 1.82) is 0 Å². The van der Waals surface area contributed by atoms with Crippen molar-refractivity contribution in [2.75, 3.05) is 7.11 Å². The third kappa shape index (κ3) is 5.01. The van der Waals surface area contributed by atoms with Crippen LogP contribution in [0.4, 0.5) is 0 Å². The molecule has 0 saturated carbocycles. The highest BCUT2D eigenvalue weighted by Gasteiger charge is 2.20. The van der Waals surface area contributed by atoms with Crippen LogP contribution in [0, 0.1) is 6.92 Å². The number of nitrogens with zero attached hydrogens (tertiary/aromatic N) is 2. The fraction of sp³-hybridized carbons (Fsp3) is 0.292. The molecule has 4 aromatic rings. The molecule has 1 atom stereocenters. The quantitative estimate of drug-likeness (QED) is 0.302. The number of hydrogen-bond donors (Lipinski definition) is 0. The van der Waals surface area contributed by atoms with Crippen molar-refractivity contribution in [2.24, 2.45) is 0 Å². The zero-order valence-electron chi connectivity index (χ0n) is 17.5. The first-order valence-electron chi connectivity index (χ1n) is 10.0. The number of oxazole rings is 1. The summed E-state index contributed by atoms with van der Waals surface area (Å²) in [6, 6.07) is 17.1. The van der Waals surface area contributed by atoms with Crippen LogP contribution in [0.1, 0.15) is 28.8 Å². The van der Waals surface area contributed by atoms with Crippen molar-refractivity contribution in [3.8, 4) is 16.5 Å². The molecule has 0 amide bonds. The summed E-state index contributed by atoms with van der Waals surface area (Å²) in [6.07, 6.45) is 1.02. The Hall–Kier alpha value is -2.41. The highest BCUT2D eigenvalue weighted by molar-refractivity contribution is 7.13. The van der Waals surface area contributed by atoms with Gasteiger partial charge in [-0.15, -0.1) is 22.7 Å². The highest BCUT2D eigenvalue weighted by atomic mass is 32.1. The van der Waals surface area contributed by atoms with E-state index in [-0.39, 0.29) is 0 Å². The Bertz CT molecular complexity index is 1040. The molecule has 6 heteroatoms. The van der Waals surface area contributed by atoms with Crippen LogP contribution in [0.25, 0.3) is 10.8 Å². The molecule has 0 aliphatic rings. The lowest BCUT2D eigenvalue weighted by atomic mass is 10.1. The first-order valence-corrected chi connectivity index (χ1v) is 11.8. The first-order chi connectivity index (χ1) is 14.6. The summed E-state index contributed by atoms with van der Waals surface area (Å²) in [7, 11) is 1.70. The van der Waals surface area contributed by atoms with Crippen LogP contribution >= 0.6 is 22.7 Å². The number of aryl methyl sites for hydroxylation is 1. The van der Waals surface area contributed by atoms with Gasteiger partial charge in [-0.05, 0) is 60.9 Å². The minimum atomic E-state index is 0.368. The van der Waals surface area contributed by atoms with Crippen LogP contribution in [0.15, 0.2) is 63.7 Å². The van der Waals surface area contributed by atoms with Gasteiger partial charge in [-0.3, -0.25) is 4.90 Å². The summed E-state index contributed by atoms with van der Waals surface area (Å²) in [6.45, 7) is 5.89. The number of methoxy groups -OCH3 is 1. The van der Waals surface area contributed by atoms with Gasteiger partial charge in [0, 0.05) is 24.0 Å². The molecule has 3 aromatic heterocycles. The highest BCUT2D eigenvalue weighted by Crippen LogP contribution is 2.27. The Labute approximate surface area is 185 Å². The number of rotatable bonds is 9. The molecule has 156 valence electrons. The summed E-state index contributed by atoms with van der Waals surface area (Å²) < 4.78 is 11.3. The molecule has 0 N–H and O–H groups in total. The van der Waals surface area contributed by atoms with Crippen LogP contribution in [0.3, 0.4) is 0 Å². The van der Waals surface area contributed by atoms with E-state index in [0.29, 0.717) is 11.9 Å². The molecule has 3 heterocycles. The second kappa shape index (κ2) is 9.60. The van der Waals surface area contributed by atoms with Crippen molar-refractivity contribution < 1.29 is 9.15 Å². The molecule has 0 spiro atoms. The fourth-order valence-electron chi connectivity index (χ4n) is 3.45. The van der Waals surface area contributed by atoms with Crippen LogP contribution in [-0.4, -0.2) is 23.0 Å². The van der Waals surface area contributed by atoms with Crippen molar-refractivity contribution in [2.45, 2.75) is 39.4 Å². The van der Waals surface area contributed by atoms with E-state index in [2.05, 4.69) is 41.5 Å². The van der Waals surface area contributed by atoms with Gasteiger partial charge >= 0.3 is 0 Å². The van der Waals surface area contributed by atoms with Gasteiger partial charge in [-0.1, -0.05) is 24.3 Å². The Morgan fingerprint density at radius 2 is 1.80 bits per heavy atom. The maximum atomic E-state index is 5.98. The van der Waals surface area contributed by atoms with E-state index in [1.165, 1.54) is 10.4 Å². The lowest BCUT2D eigenvalue weighted by molar-refractivity contribution is 0.187. The molecular formula is C24H26N2O2S2. The Kier molecular flexibility index (Phi) is 6.67. The summed E-state index contributed by atoms with van der Waals surface area (Å²) in [5, 5.41) is 4.19. The number of hydrogen-bond acceptors (Lipinski definition) is 6. The van der Waals surface area contributed by atoms with E-state index in [1.807, 2.05) is 47.9 Å². The standard InChI is InChI=1S/C24H26N2O2S2/c1-17(14-21-6-4-12-29-21)26(15-19-8-10-20(27-3)11-9-19)16-22-18(2)28-24(25-22)23-7-5-13-30-23/h4-13,17H,14-16H2,1-3H3. The van der Waals surface area contributed by atoms with Crippen LogP contribution < -0.4 is 4.74 Å². The second-order valence-corrected chi connectivity index (χ2v) is 9.36. The van der Waals surface area contributed by atoms with Gasteiger partial charge in [0.15, 0.2) is 0 Å². The van der Waals surface area contributed by atoms with E-state index < -0.39 is 0 Å². The van der Waals surface area contributed by atoms with E-state index in [0.717, 1.165) is 41.6 Å². The average Bonchev–Trinajstić information content (AvgIpc) is 3.51. The lowest BCUT2D eigenvalue weighted by Gasteiger charge is -2.28. The minimum absolute atomic E-state index is 0.368. The van der Waals surface area contributed by atoms with E-state index >= 15 is 0 Å². The number of benzene rings is 1. The van der Waals surface area contributed by atoms with Gasteiger partial charge < -0.3 is 9.15 Å². The Morgan fingerprint density at radius 1 is 1.03 bits per heavy atom. The summed E-state index contributed by atoms with van der Waals surface area (Å²) >= 11 is 3.47. The van der Waals surface area contributed by atoms with Crippen LogP contribution in [0.2, 0.25) is 0 Å². The zero-order chi connectivity index (χ0) is 20.9. The van der Waals surface area contributed by atoms with Gasteiger partial charge in [-0.25, -0.2) is 4.98 Å². The monoisotopic (exact) mass is 438 g/mol. The minimum Gasteiger partial charge on any atom is -0.497 e. The van der Waals surface area contributed by atoms with Crippen LogP contribution in [0.5, 0.6) is 5.75 Å². The average molecular weight is 439 g/mol. The van der Waals surface area contributed by atoms with Crippen LogP contribution in [-0.2, 0) is 19.5 Å². The van der Waals surface area contributed by atoms with Crippen molar-refractivity contribution in [3.63, 3.8) is 0 Å². The molecular weight excluding hydrogens is 412 g/mol. The molecule has 30 heavy (non-hydrogen) atoms. The van der Waals surface area contributed by atoms with Gasteiger partial charge in [0.1, 0.15) is 11.5 Å². The third-order valence-corrected chi connectivity index (χ3v) is 6.98. The number of thiophene rings is 2. The van der Waals surface area contributed by atoms with Crippen molar-refractivity contribution >= 4 is 22.7 Å². The molecule has 0 radical (unpaired) electrons. The molecule has 4 nitrogen and oxygen atoms in total. The molecule has 0 aliphatic heterocycles. The second-order valence-electron chi connectivity index (χ2n) is 7.38. The molecule has 1 aromatic carbocycles. The topological polar surface area (TPSA) is 38.5 Å². The fourth-order valence-corrected chi connectivity index (χ4v) is 4.93. The molecule has 0 bridgehead atoms. The molecule has 4 rings (SSSR count). The lowest BCUT2D eigenvalue weighted by Crippen LogP contribution is -2.34. The largest absolute Gasteiger partial charge is 0.497 e. The van der Waals surface area contributed by atoms with Crippen molar-refractivity contribution in [1.82, 2.24) is 9.88 Å². The van der Waals surface area contributed by atoms with E-state index in [9.17, 15) is 0 Å². The molecule has 1 unspecified atom stereocenters. The molecule has 0 aliphatic carbocycles. The summed E-state index contributed by atoms with van der Waals surface area (Å²) in [5.74, 6) is 2.49.